The third-order valence-electron chi connectivity index (χ3n) is 3.82. The van der Waals surface area contributed by atoms with Crippen molar-refractivity contribution in [2.75, 3.05) is 6.54 Å². The van der Waals surface area contributed by atoms with E-state index in [4.69, 9.17) is 0 Å². The third-order valence-corrected chi connectivity index (χ3v) is 5.33. The largest absolute Gasteiger partial charge is 0.293 e. The molecule has 1 aliphatic heterocycles. The smallest absolute Gasteiger partial charge is 0.292 e. The molecule has 0 atom stereocenters. The summed E-state index contributed by atoms with van der Waals surface area (Å²) in [5.41, 5.74) is 0.493. The second kappa shape index (κ2) is 8.03. The average molecular weight is 465 g/mol. The maximum atomic E-state index is 13.3. The van der Waals surface area contributed by atoms with Crippen LogP contribution >= 0.6 is 27.7 Å². The van der Waals surface area contributed by atoms with Crippen molar-refractivity contribution in [3.05, 3.63) is 78.9 Å². The van der Waals surface area contributed by atoms with Crippen LogP contribution < -0.4 is 0 Å². The van der Waals surface area contributed by atoms with Crippen molar-refractivity contribution in [2.45, 2.75) is 0 Å². The molecule has 0 spiro atoms. The molecule has 1 heterocycles. The SMILES string of the molecule is O=C(CN1C(=O)S/C(=C/c2ccc(F)c(Br)c2)C1=O)c1ccc([N+](=O)[O-])cc1. The zero-order valence-corrected chi connectivity index (χ0v) is 16.3. The van der Waals surface area contributed by atoms with Crippen molar-refractivity contribution in [3.63, 3.8) is 0 Å². The van der Waals surface area contributed by atoms with Crippen molar-refractivity contribution in [1.82, 2.24) is 4.90 Å². The minimum atomic E-state index is -0.634. The Labute approximate surface area is 170 Å². The van der Waals surface area contributed by atoms with Crippen LogP contribution in [0, 0.1) is 15.9 Å². The van der Waals surface area contributed by atoms with Crippen LogP contribution in [0.4, 0.5) is 14.9 Å². The molecule has 0 N–H and O–H groups in total. The highest BCUT2D eigenvalue weighted by Crippen LogP contribution is 2.33. The van der Waals surface area contributed by atoms with Crippen LogP contribution in [0.5, 0.6) is 0 Å². The lowest BCUT2D eigenvalue weighted by Crippen LogP contribution is -2.33. The minimum Gasteiger partial charge on any atom is -0.292 e. The number of imide groups is 1. The van der Waals surface area contributed by atoms with E-state index in [0.717, 1.165) is 4.90 Å². The number of nitro groups is 1. The van der Waals surface area contributed by atoms with E-state index in [0.29, 0.717) is 17.3 Å². The molecule has 0 radical (unpaired) electrons. The highest BCUT2D eigenvalue weighted by Gasteiger charge is 2.36. The highest BCUT2D eigenvalue weighted by molar-refractivity contribution is 9.10. The second-order valence-corrected chi connectivity index (χ2v) is 7.52. The first-order valence-electron chi connectivity index (χ1n) is 7.74. The van der Waals surface area contributed by atoms with Gasteiger partial charge in [0.15, 0.2) is 5.78 Å². The average Bonchev–Trinajstić information content (AvgIpc) is 2.92. The van der Waals surface area contributed by atoms with Crippen molar-refractivity contribution < 1.29 is 23.7 Å². The van der Waals surface area contributed by atoms with E-state index in [1.54, 1.807) is 0 Å². The van der Waals surface area contributed by atoms with Gasteiger partial charge in [-0.1, -0.05) is 6.07 Å². The Hall–Kier alpha value is -2.85. The number of amides is 2. The number of halogens is 2. The minimum absolute atomic E-state index is 0.111. The lowest BCUT2D eigenvalue weighted by Gasteiger charge is -2.11. The van der Waals surface area contributed by atoms with Gasteiger partial charge in [0.25, 0.3) is 16.8 Å². The Kier molecular flexibility index (Phi) is 5.71. The van der Waals surface area contributed by atoms with E-state index in [1.165, 1.54) is 48.5 Å². The zero-order valence-electron chi connectivity index (χ0n) is 13.9. The molecule has 2 amide bonds. The van der Waals surface area contributed by atoms with Crippen LogP contribution in [0.15, 0.2) is 51.8 Å². The maximum absolute atomic E-state index is 13.3. The molecular formula is C18H10BrFN2O5S. The Balaban J connectivity index is 1.76. The predicted octanol–water partition coefficient (Wildman–Crippen LogP) is 4.42. The van der Waals surface area contributed by atoms with Gasteiger partial charge in [0.2, 0.25) is 0 Å². The monoisotopic (exact) mass is 464 g/mol. The quantitative estimate of drug-likeness (QED) is 0.281. The number of hydrogen-bond acceptors (Lipinski definition) is 6. The maximum Gasteiger partial charge on any atom is 0.293 e. The van der Waals surface area contributed by atoms with Gasteiger partial charge in [-0.05, 0) is 63.6 Å². The van der Waals surface area contributed by atoms with Gasteiger partial charge < -0.3 is 0 Å². The summed E-state index contributed by atoms with van der Waals surface area (Å²) in [6.07, 6.45) is 1.44. The number of nitrogens with zero attached hydrogens (tertiary/aromatic N) is 2. The number of nitro benzene ring substituents is 1. The van der Waals surface area contributed by atoms with E-state index < -0.39 is 34.2 Å². The number of thioether (sulfide) groups is 1. The lowest BCUT2D eigenvalue weighted by molar-refractivity contribution is -0.384. The molecule has 28 heavy (non-hydrogen) atoms. The van der Waals surface area contributed by atoms with Crippen molar-refractivity contribution in [3.8, 4) is 0 Å². The first-order valence-corrected chi connectivity index (χ1v) is 9.35. The summed E-state index contributed by atoms with van der Waals surface area (Å²) in [5.74, 6) is -1.62. The molecule has 142 valence electrons. The third kappa shape index (κ3) is 4.18. The van der Waals surface area contributed by atoms with Crippen LogP contribution in [0.25, 0.3) is 6.08 Å². The molecule has 2 aromatic rings. The molecule has 0 bridgehead atoms. The molecule has 1 aliphatic rings. The summed E-state index contributed by atoms with van der Waals surface area (Å²) in [6, 6.07) is 9.03. The first kappa shape index (κ1) is 19.9. The molecule has 3 rings (SSSR count). The molecule has 10 heteroatoms. The number of ketones is 1. The van der Waals surface area contributed by atoms with Gasteiger partial charge in [-0.15, -0.1) is 0 Å². The summed E-state index contributed by atoms with van der Waals surface area (Å²) in [4.78, 5) is 47.9. The molecule has 0 aliphatic carbocycles. The van der Waals surface area contributed by atoms with Gasteiger partial charge in [0.1, 0.15) is 5.82 Å². The molecule has 1 fully saturated rings. The Bertz CT molecular complexity index is 1040. The van der Waals surface area contributed by atoms with Crippen molar-refractivity contribution >= 4 is 56.4 Å². The predicted molar refractivity (Wildman–Crippen MR) is 104 cm³/mol. The summed E-state index contributed by atoms with van der Waals surface area (Å²) < 4.78 is 13.5. The van der Waals surface area contributed by atoms with E-state index in [2.05, 4.69) is 15.9 Å². The summed E-state index contributed by atoms with van der Waals surface area (Å²) >= 11 is 3.72. The van der Waals surface area contributed by atoms with Crippen LogP contribution in [-0.2, 0) is 4.79 Å². The van der Waals surface area contributed by atoms with Crippen molar-refractivity contribution in [2.24, 2.45) is 0 Å². The van der Waals surface area contributed by atoms with E-state index >= 15 is 0 Å². The van der Waals surface area contributed by atoms with Crippen LogP contribution in [-0.4, -0.2) is 33.3 Å². The Morgan fingerprint density at radius 1 is 1.21 bits per heavy atom. The Morgan fingerprint density at radius 3 is 2.50 bits per heavy atom. The number of rotatable bonds is 5. The molecule has 0 unspecified atom stereocenters. The number of carbonyl (C=O) groups excluding carboxylic acids is 3. The van der Waals surface area contributed by atoms with E-state index in [9.17, 15) is 28.9 Å². The summed E-state index contributed by atoms with van der Waals surface area (Å²) in [5, 5.41) is 10.1. The molecule has 1 saturated heterocycles. The Morgan fingerprint density at radius 2 is 1.89 bits per heavy atom. The number of carbonyl (C=O) groups is 3. The van der Waals surface area contributed by atoms with Gasteiger partial charge in [-0.2, -0.15) is 0 Å². The van der Waals surface area contributed by atoms with Crippen LogP contribution in [0.1, 0.15) is 15.9 Å². The number of Topliss-reactive ketones (excluding diaryl/α,β-unsaturated/α-hetero) is 1. The van der Waals surface area contributed by atoms with Crippen molar-refractivity contribution in [1.29, 1.82) is 0 Å². The first-order chi connectivity index (χ1) is 13.3. The topological polar surface area (TPSA) is 97.6 Å². The standard InChI is InChI=1S/C18H10BrFN2O5S/c19-13-7-10(1-6-14(13)20)8-16-17(24)21(18(25)28-16)9-15(23)11-2-4-12(5-3-11)22(26)27/h1-8H,9H2/b16-8+. The van der Waals surface area contributed by atoms with Crippen LogP contribution in [0.3, 0.4) is 0 Å². The molecule has 7 nitrogen and oxygen atoms in total. The fraction of sp³-hybridized carbons (Fsp3) is 0.0556. The van der Waals surface area contributed by atoms with E-state index in [1.807, 2.05) is 0 Å². The molecule has 0 aromatic heterocycles. The lowest BCUT2D eigenvalue weighted by atomic mass is 10.1. The van der Waals surface area contributed by atoms with Gasteiger partial charge in [-0.25, -0.2) is 4.39 Å². The number of hydrogen-bond donors (Lipinski definition) is 0. The van der Waals surface area contributed by atoms with Crippen LogP contribution in [0.2, 0.25) is 0 Å². The molecule has 0 saturated carbocycles. The van der Waals surface area contributed by atoms with E-state index in [-0.39, 0.29) is 20.6 Å². The molecule has 2 aromatic carbocycles. The number of benzene rings is 2. The second-order valence-electron chi connectivity index (χ2n) is 5.67. The number of non-ortho nitro benzene ring substituents is 1. The zero-order chi connectivity index (χ0) is 20.4. The fourth-order valence-corrected chi connectivity index (χ4v) is 3.63. The van der Waals surface area contributed by atoms with Gasteiger partial charge >= 0.3 is 0 Å². The normalized spacial score (nSPS) is 15.4. The highest BCUT2D eigenvalue weighted by atomic mass is 79.9. The fourth-order valence-electron chi connectivity index (χ4n) is 2.39. The van der Waals surface area contributed by atoms with Gasteiger partial charge in [0, 0.05) is 17.7 Å². The summed E-state index contributed by atoms with van der Waals surface area (Å²) in [6.45, 7) is -0.479. The van der Waals surface area contributed by atoms with Gasteiger partial charge in [0.05, 0.1) is 20.8 Å². The van der Waals surface area contributed by atoms with Gasteiger partial charge in [-0.3, -0.25) is 29.4 Å². The summed E-state index contributed by atoms with van der Waals surface area (Å²) in [7, 11) is 0. The molecular weight excluding hydrogens is 455 g/mol.